The fraction of sp³-hybridized carbons (Fsp3) is 0.321. The molecular formula is C28H32O3. The van der Waals surface area contributed by atoms with Crippen LogP contribution in [-0.2, 0) is 0 Å². The standard InChI is InChI=1S/C28H32O3/c1-5-10-18(2)22-13-9-14-23(15-22)20(4)25-16-24(17-26(27(25)29)28(30)31)19(3)21-11-7-6-8-12-21/h6-9,11-20,29H,5,10H2,1-4H3,(H,30,31). The van der Waals surface area contributed by atoms with Gasteiger partial charge in [-0.25, -0.2) is 4.79 Å². The van der Waals surface area contributed by atoms with Crippen LogP contribution in [0, 0.1) is 0 Å². The summed E-state index contributed by atoms with van der Waals surface area (Å²) < 4.78 is 0. The molecule has 31 heavy (non-hydrogen) atoms. The topological polar surface area (TPSA) is 57.5 Å². The lowest BCUT2D eigenvalue weighted by Crippen LogP contribution is -2.07. The van der Waals surface area contributed by atoms with Crippen LogP contribution in [0.2, 0.25) is 0 Å². The van der Waals surface area contributed by atoms with Gasteiger partial charge < -0.3 is 10.2 Å². The van der Waals surface area contributed by atoms with Crippen LogP contribution in [-0.4, -0.2) is 16.2 Å². The maximum atomic E-state index is 11.9. The molecule has 0 aliphatic carbocycles. The summed E-state index contributed by atoms with van der Waals surface area (Å²) in [6.07, 6.45) is 2.25. The van der Waals surface area contributed by atoms with E-state index in [1.165, 1.54) is 5.56 Å². The zero-order valence-corrected chi connectivity index (χ0v) is 18.8. The lowest BCUT2D eigenvalue weighted by molar-refractivity contribution is 0.0693. The first-order valence-electron chi connectivity index (χ1n) is 11.1. The van der Waals surface area contributed by atoms with Crippen molar-refractivity contribution < 1.29 is 15.0 Å². The molecule has 3 aromatic carbocycles. The largest absolute Gasteiger partial charge is 0.507 e. The molecule has 0 amide bonds. The molecule has 0 saturated heterocycles. The molecule has 0 radical (unpaired) electrons. The van der Waals surface area contributed by atoms with E-state index in [0.29, 0.717) is 11.5 Å². The highest BCUT2D eigenvalue weighted by molar-refractivity contribution is 5.91. The molecule has 0 bridgehead atoms. The van der Waals surface area contributed by atoms with Crippen molar-refractivity contribution in [3.05, 3.63) is 100 Å². The summed E-state index contributed by atoms with van der Waals surface area (Å²) >= 11 is 0. The number of carbonyl (C=O) groups is 1. The maximum Gasteiger partial charge on any atom is 0.339 e. The van der Waals surface area contributed by atoms with Crippen LogP contribution in [0.25, 0.3) is 0 Å². The molecule has 0 heterocycles. The van der Waals surface area contributed by atoms with Crippen LogP contribution in [0.15, 0.2) is 66.7 Å². The average molecular weight is 417 g/mol. The highest BCUT2D eigenvalue weighted by Gasteiger charge is 2.23. The number of phenols is 1. The number of rotatable bonds is 8. The molecule has 0 spiro atoms. The van der Waals surface area contributed by atoms with Crippen LogP contribution >= 0.6 is 0 Å². The zero-order valence-electron chi connectivity index (χ0n) is 18.8. The number of aromatic hydroxyl groups is 1. The molecule has 3 rings (SSSR count). The normalized spacial score (nSPS) is 14.1. The molecule has 0 fully saturated rings. The molecule has 0 aromatic heterocycles. The Morgan fingerprint density at radius 1 is 0.806 bits per heavy atom. The predicted molar refractivity (Wildman–Crippen MR) is 126 cm³/mol. The highest BCUT2D eigenvalue weighted by atomic mass is 16.4. The SMILES string of the molecule is CCCC(C)c1cccc(C(C)c2cc(C(C)c3ccccc3)cc(C(=O)O)c2O)c1. The van der Waals surface area contributed by atoms with Crippen molar-refractivity contribution in [3.8, 4) is 5.75 Å². The minimum absolute atomic E-state index is 0.0155. The third-order valence-corrected chi connectivity index (χ3v) is 6.36. The third-order valence-electron chi connectivity index (χ3n) is 6.36. The smallest absolute Gasteiger partial charge is 0.339 e. The highest BCUT2D eigenvalue weighted by Crippen LogP contribution is 2.38. The van der Waals surface area contributed by atoms with Crippen LogP contribution in [0.5, 0.6) is 5.75 Å². The number of benzene rings is 3. The van der Waals surface area contributed by atoms with Crippen LogP contribution in [0.1, 0.15) is 96.5 Å². The molecule has 162 valence electrons. The van der Waals surface area contributed by atoms with Gasteiger partial charge in [-0.1, -0.05) is 94.8 Å². The zero-order chi connectivity index (χ0) is 22.5. The lowest BCUT2D eigenvalue weighted by Gasteiger charge is -2.21. The second-order valence-electron chi connectivity index (χ2n) is 8.53. The molecule has 3 nitrogen and oxygen atoms in total. The van der Waals surface area contributed by atoms with Gasteiger partial charge in [0.15, 0.2) is 0 Å². The fourth-order valence-corrected chi connectivity index (χ4v) is 4.27. The first-order chi connectivity index (χ1) is 14.8. The fourth-order valence-electron chi connectivity index (χ4n) is 4.27. The lowest BCUT2D eigenvalue weighted by atomic mass is 9.84. The van der Waals surface area contributed by atoms with Gasteiger partial charge in [-0.3, -0.25) is 0 Å². The van der Waals surface area contributed by atoms with E-state index in [9.17, 15) is 15.0 Å². The summed E-state index contributed by atoms with van der Waals surface area (Å²) in [6, 6.07) is 22.0. The third kappa shape index (κ3) is 4.99. The summed E-state index contributed by atoms with van der Waals surface area (Å²) in [7, 11) is 0. The first kappa shape index (κ1) is 22.6. The van der Waals surface area contributed by atoms with Gasteiger partial charge in [0.1, 0.15) is 11.3 Å². The van der Waals surface area contributed by atoms with E-state index in [0.717, 1.165) is 29.5 Å². The molecule has 2 N–H and O–H groups in total. The Hall–Kier alpha value is -3.07. The Balaban J connectivity index is 2.07. The quantitative estimate of drug-likeness (QED) is 0.405. The van der Waals surface area contributed by atoms with Gasteiger partial charge in [0, 0.05) is 17.4 Å². The van der Waals surface area contributed by atoms with E-state index >= 15 is 0 Å². The van der Waals surface area contributed by atoms with Crippen LogP contribution in [0.4, 0.5) is 0 Å². The van der Waals surface area contributed by atoms with E-state index < -0.39 is 5.97 Å². The van der Waals surface area contributed by atoms with Crippen molar-refractivity contribution in [2.45, 2.75) is 58.3 Å². The molecule has 3 heteroatoms. The number of hydrogen-bond acceptors (Lipinski definition) is 2. The second kappa shape index (κ2) is 9.82. The summed E-state index contributed by atoms with van der Waals surface area (Å²) in [5.74, 6) is -0.907. The molecular weight excluding hydrogens is 384 g/mol. The van der Waals surface area contributed by atoms with Crippen LogP contribution in [0.3, 0.4) is 0 Å². The van der Waals surface area contributed by atoms with Gasteiger partial charge in [-0.15, -0.1) is 0 Å². The van der Waals surface area contributed by atoms with Crippen molar-refractivity contribution in [1.29, 1.82) is 0 Å². The van der Waals surface area contributed by atoms with E-state index in [2.05, 4.69) is 45.0 Å². The van der Waals surface area contributed by atoms with Gasteiger partial charge in [-0.2, -0.15) is 0 Å². The van der Waals surface area contributed by atoms with Gasteiger partial charge in [0.25, 0.3) is 0 Å². The Morgan fingerprint density at radius 3 is 2.10 bits per heavy atom. The molecule has 0 saturated carbocycles. The van der Waals surface area contributed by atoms with Gasteiger partial charge in [0.2, 0.25) is 0 Å². The maximum absolute atomic E-state index is 11.9. The van der Waals surface area contributed by atoms with Gasteiger partial charge >= 0.3 is 5.97 Å². The van der Waals surface area contributed by atoms with Crippen molar-refractivity contribution in [2.75, 3.05) is 0 Å². The molecule has 0 aliphatic heterocycles. The van der Waals surface area contributed by atoms with E-state index in [4.69, 9.17) is 0 Å². The van der Waals surface area contributed by atoms with Crippen molar-refractivity contribution in [2.24, 2.45) is 0 Å². The van der Waals surface area contributed by atoms with Crippen LogP contribution < -0.4 is 0 Å². The Bertz CT molecular complexity index is 1040. The first-order valence-corrected chi connectivity index (χ1v) is 11.1. The number of aromatic carboxylic acids is 1. The summed E-state index contributed by atoms with van der Waals surface area (Å²) in [6.45, 7) is 8.51. The van der Waals surface area contributed by atoms with Crippen molar-refractivity contribution >= 4 is 5.97 Å². The Kier molecular flexibility index (Phi) is 7.17. The molecule has 3 unspecified atom stereocenters. The van der Waals surface area contributed by atoms with Crippen molar-refractivity contribution in [3.63, 3.8) is 0 Å². The minimum atomic E-state index is -1.11. The summed E-state index contributed by atoms with van der Waals surface area (Å²) in [5, 5.41) is 20.6. The van der Waals surface area contributed by atoms with Gasteiger partial charge in [-0.05, 0) is 40.7 Å². The average Bonchev–Trinajstić information content (AvgIpc) is 2.79. The summed E-state index contributed by atoms with van der Waals surface area (Å²) in [4.78, 5) is 11.9. The number of carboxylic acid groups (broad SMARTS) is 1. The number of carboxylic acids is 1. The second-order valence-corrected chi connectivity index (χ2v) is 8.53. The summed E-state index contributed by atoms with van der Waals surface area (Å²) in [5.41, 5.74) is 4.96. The minimum Gasteiger partial charge on any atom is -0.507 e. The number of hydrogen-bond donors (Lipinski definition) is 2. The molecule has 3 aromatic rings. The predicted octanol–water partition coefficient (Wildman–Crippen LogP) is 7.30. The molecule has 0 aliphatic rings. The molecule has 3 atom stereocenters. The monoisotopic (exact) mass is 416 g/mol. The van der Waals surface area contributed by atoms with Gasteiger partial charge in [0.05, 0.1) is 0 Å². The van der Waals surface area contributed by atoms with E-state index in [1.54, 1.807) is 6.07 Å². The van der Waals surface area contributed by atoms with E-state index in [-0.39, 0.29) is 23.1 Å². The van der Waals surface area contributed by atoms with E-state index in [1.807, 2.05) is 43.3 Å². The van der Waals surface area contributed by atoms with Crippen molar-refractivity contribution in [1.82, 2.24) is 0 Å². The Labute approximate surface area is 185 Å². The Morgan fingerprint density at radius 2 is 1.45 bits per heavy atom.